The summed E-state index contributed by atoms with van der Waals surface area (Å²) < 4.78 is 16.0. The summed E-state index contributed by atoms with van der Waals surface area (Å²) in [5.74, 6) is -0.245. The Bertz CT molecular complexity index is 1340. The van der Waals surface area contributed by atoms with Gasteiger partial charge in [0.25, 0.3) is 5.91 Å². The summed E-state index contributed by atoms with van der Waals surface area (Å²) >= 11 is 0. The smallest absolute Gasteiger partial charge is 0.342 e. The molecule has 0 fully saturated rings. The van der Waals surface area contributed by atoms with Crippen LogP contribution in [0.4, 0.5) is 5.82 Å². The van der Waals surface area contributed by atoms with Crippen LogP contribution in [0.15, 0.2) is 68.3 Å². The fourth-order valence-corrected chi connectivity index (χ4v) is 3.15. The van der Waals surface area contributed by atoms with Gasteiger partial charge >= 0.3 is 5.97 Å². The lowest BCUT2D eigenvalue weighted by Gasteiger charge is -2.10. The lowest BCUT2D eigenvalue weighted by molar-refractivity contribution is -0.119. The van der Waals surface area contributed by atoms with Crippen LogP contribution < -0.4 is 10.7 Å². The van der Waals surface area contributed by atoms with E-state index < -0.39 is 18.5 Å². The number of nitrogens with zero attached hydrogens (tertiary/aromatic N) is 1. The zero-order valence-electron chi connectivity index (χ0n) is 16.8. The van der Waals surface area contributed by atoms with Gasteiger partial charge in [-0.1, -0.05) is 41.6 Å². The first kappa shape index (κ1) is 20.1. The van der Waals surface area contributed by atoms with Crippen LogP contribution in [0, 0.1) is 13.8 Å². The van der Waals surface area contributed by atoms with Crippen LogP contribution in [-0.2, 0) is 9.53 Å². The monoisotopic (exact) mass is 418 g/mol. The highest BCUT2D eigenvalue weighted by molar-refractivity contribution is 6.03. The second-order valence-corrected chi connectivity index (χ2v) is 6.88. The maximum Gasteiger partial charge on any atom is 0.342 e. The zero-order chi connectivity index (χ0) is 22.0. The van der Waals surface area contributed by atoms with Gasteiger partial charge in [-0.2, -0.15) is 0 Å². The molecule has 31 heavy (non-hydrogen) atoms. The van der Waals surface area contributed by atoms with Crippen molar-refractivity contribution in [3.8, 4) is 11.3 Å². The molecule has 8 nitrogen and oxygen atoms in total. The van der Waals surface area contributed by atoms with Crippen LogP contribution in [0.2, 0.25) is 0 Å². The first-order valence-electron chi connectivity index (χ1n) is 9.46. The van der Waals surface area contributed by atoms with Gasteiger partial charge in [-0.3, -0.25) is 9.59 Å². The van der Waals surface area contributed by atoms with E-state index in [-0.39, 0.29) is 27.8 Å². The molecule has 156 valence electrons. The van der Waals surface area contributed by atoms with Crippen LogP contribution in [-0.4, -0.2) is 23.6 Å². The summed E-state index contributed by atoms with van der Waals surface area (Å²) in [5.41, 5.74) is 1.07. The summed E-state index contributed by atoms with van der Waals surface area (Å²) in [4.78, 5) is 37.6. The normalized spacial score (nSPS) is 10.8. The van der Waals surface area contributed by atoms with Crippen molar-refractivity contribution in [2.45, 2.75) is 13.8 Å². The topological polar surface area (TPSA) is 112 Å². The second kappa shape index (κ2) is 8.27. The van der Waals surface area contributed by atoms with E-state index in [1.54, 1.807) is 26.0 Å². The molecule has 0 saturated heterocycles. The molecule has 2 heterocycles. The van der Waals surface area contributed by atoms with E-state index in [9.17, 15) is 14.4 Å². The molecule has 2 aromatic carbocycles. The largest absolute Gasteiger partial charge is 0.455 e. The van der Waals surface area contributed by atoms with Crippen LogP contribution in [0.5, 0.6) is 0 Å². The molecule has 0 atom stereocenters. The molecule has 2 aromatic heterocycles. The summed E-state index contributed by atoms with van der Waals surface area (Å²) in [6.07, 6.45) is 0. The molecule has 0 radical (unpaired) electrons. The van der Waals surface area contributed by atoms with Crippen molar-refractivity contribution < 1.29 is 23.3 Å². The Hall–Kier alpha value is -4.20. The number of nitrogens with one attached hydrogen (secondary N) is 1. The number of hydrogen-bond donors (Lipinski definition) is 1. The quantitative estimate of drug-likeness (QED) is 0.490. The molecular formula is C23H18N2O6. The molecule has 0 saturated carbocycles. The molecule has 0 unspecified atom stereocenters. The summed E-state index contributed by atoms with van der Waals surface area (Å²) in [6, 6.07) is 15.3. The Labute approximate surface area is 176 Å². The molecule has 0 aliphatic heterocycles. The maximum absolute atomic E-state index is 12.9. The van der Waals surface area contributed by atoms with Gasteiger partial charge in [-0.15, -0.1) is 0 Å². The van der Waals surface area contributed by atoms with Crippen molar-refractivity contribution in [2.75, 3.05) is 11.9 Å². The number of aryl methyl sites for hydroxylation is 1. The Morgan fingerprint density at radius 3 is 2.55 bits per heavy atom. The highest BCUT2D eigenvalue weighted by Gasteiger charge is 2.20. The number of benzene rings is 2. The van der Waals surface area contributed by atoms with E-state index in [4.69, 9.17) is 13.7 Å². The maximum atomic E-state index is 12.9. The number of ether oxygens (including phenoxy) is 1. The summed E-state index contributed by atoms with van der Waals surface area (Å²) in [7, 11) is 0. The zero-order valence-corrected chi connectivity index (χ0v) is 16.8. The van der Waals surface area contributed by atoms with Gasteiger partial charge < -0.3 is 19.0 Å². The molecule has 4 rings (SSSR count). The molecule has 8 heteroatoms. The van der Waals surface area contributed by atoms with Crippen molar-refractivity contribution in [1.29, 1.82) is 0 Å². The molecule has 0 bridgehead atoms. The lowest BCUT2D eigenvalue weighted by atomic mass is 10.0. The lowest BCUT2D eigenvalue weighted by Crippen LogP contribution is -2.21. The number of aromatic nitrogens is 1. The van der Waals surface area contributed by atoms with Crippen LogP contribution >= 0.6 is 0 Å². The number of amides is 1. The van der Waals surface area contributed by atoms with Gasteiger partial charge in [0.05, 0.1) is 5.39 Å². The molecule has 4 aromatic rings. The number of carbonyl (C=O) groups excluding carboxylic acids is 2. The minimum Gasteiger partial charge on any atom is -0.455 e. The minimum absolute atomic E-state index is 0.0526. The molecule has 0 spiro atoms. The predicted octanol–water partition coefficient (Wildman–Crippen LogP) is 3.86. The predicted molar refractivity (Wildman–Crippen MR) is 113 cm³/mol. The van der Waals surface area contributed by atoms with Gasteiger partial charge in [0.1, 0.15) is 17.1 Å². The van der Waals surface area contributed by atoms with Crippen molar-refractivity contribution in [1.82, 2.24) is 5.16 Å². The van der Waals surface area contributed by atoms with Crippen LogP contribution in [0.3, 0.4) is 0 Å². The molecule has 0 aliphatic rings. The third-order valence-corrected chi connectivity index (χ3v) is 4.63. The summed E-state index contributed by atoms with van der Waals surface area (Å²) in [5, 5.41) is 6.36. The van der Waals surface area contributed by atoms with E-state index in [0.29, 0.717) is 22.6 Å². The van der Waals surface area contributed by atoms with E-state index >= 15 is 0 Å². The summed E-state index contributed by atoms with van der Waals surface area (Å²) in [6.45, 7) is 2.82. The SMILES string of the molecule is Cc1cc(NC(=O)COC(=O)c2cccc3c(=O)c(C)c(-c4ccccc4)oc23)no1. The van der Waals surface area contributed by atoms with Crippen molar-refractivity contribution >= 4 is 28.7 Å². The highest BCUT2D eigenvalue weighted by Crippen LogP contribution is 2.27. The first-order valence-corrected chi connectivity index (χ1v) is 9.46. The first-order chi connectivity index (χ1) is 14.9. The van der Waals surface area contributed by atoms with Gasteiger partial charge in [0.15, 0.2) is 23.4 Å². The Balaban J connectivity index is 1.62. The number of fused-ring (bicyclic) bond motifs is 1. The van der Waals surface area contributed by atoms with E-state index in [1.807, 2.05) is 30.3 Å². The van der Waals surface area contributed by atoms with Crippen molar-refractivity contribution in [3.05, 3.63) is 81.7 Å². The average Bonchev–Trinajstić information content (AvgIpc) is 3.19. The average molecular weight is 418 g/mol. The number of esters is 1. The van der Waals surface area contributed by atoms with Gasteiger partial charge in [-0.05, 0) is 26.0 Å². The molecular weight excluding hydrogens is 400 g/mol. The van der Waals surface area contributed by atoms with Crippen LogP contribution in [0.1, 0.15) is 21.7 Å². The molecule has 1 amide bonds. The number of rotatable bonds is 5. The third-order valence-electron chi connectivity index (χ3n) is 4.63. The van der Waals surface area contributed by atoms with E-state index in [2.05, 4.69) is 10.5 Å². The van der Waals surface area contributed by atoms with Crippen molar-refractivity contribution in [2.24, 2.45) is 0 Å². The fourth-order valence-electron chi connectivity index (χ4n) is 3.15. The standard InChI is InChI=1S/C23H18N2O6/c1-13-11-18(25-31-13)24-19(26)12-29-23(28)17-10-6-9-16-20(27)14(2)21(30-22(16)17)15-7-4-3-5-8-15/h3-11H,12H2,1-2H3,(H,24,25,26). The Morgan fingerprint density at radius 1 is 1.06 bits per heavy atom. The third kappa shape index (κ3) is 4.09. The van der Waals surface area contributed by atoms with E-state index in [1.165, 1.54) is 12.1 Å². The number of carbonyl (C=O) groups is 2. The molecule has 0 aliphatic carbocycles. The number of anilines is 1. The Morgan fingerprint density at radius 2 is 1.84 bits per heavy atom. The Kier molecular flexibility index (Phi) is 5.36. The van der Waals surface area contributed by atoms with Crippen molar-refractivity contribution in [3.63, 3.8) is 0 Å². The van der Waals surface area contributed by atoms with Gasteiger partial charge in [-0.25, -0.2) is 4.79 Å². The fraction of sp³-hybridized carbons (Fsp3) is 0.130. The highest BCUT2D eigenvalue weighted by atomic mass is 16.5. The van der Waals surface area contributed by atoms with Gasteiger partial charge in [0, 0.05) is 17.2 Å². The number of para-hydroxylation sites is 1. The minimum atomic E-state index is -0.789. The number of hydrogen-bond acceptors (Lipinski definition) is 7. The van der Waals surface area contributed by atoms with Crippen LogP contribution in [0.25, 0.3) is 22.3 Å². The van der Waals surface area contributed by atoms with E-state index in [0.717, 1.165) is 0 Å². The second-order valence-electron chi connectivity index (χ2n) is 6.88. The molecule has 1 N–H and O–H groups in total. The van der Waals surface area contributed by atoms with Gasteiger partial charge in [0.2, 0.25) is 0 Å².